The Bertz CT molecular complexity index is 603. The number of hydrogen-bond donors (Lipinski definition) is 5. The smallest absolute Gasteiger partial charge is 0.326 e. The third kappa shape index (κ3) is 4.71. The number of amides is 3. The van der Waals surface area contributed by atoms with E-state index in [1.54, 1.807) is 0 Å². The fraction of sp³-hybridized carbons (Fsp3) is 0.750. The number of nitrogens with zero attached hydrogens (tertiary/aromatic N) is 2. The minimum Gasteiger partial charge on any atom is -0.480 e. The van der Waals surface area contributed by atoms with Gasteiger partial charge in [0, 0.05) is 18.8 Å². The molecule has 11 heteroatoms. The van der Waals surface area contributed by atoms with Gasteiger partial charge in [-0.05, 0) is 25.7 Å². The van der Waals surface area contributed by atoms with Gasteiger partial charge in [-0.15, -0.1) is 0 Å². The predicted molar refractivity (Wildman–Crippen MR) is 98.0 cm³/mol. The van der Waals surface area contributed by atoms with E-state index in [1.807, 2.05) is 0 Å². The Labute approximate surface area is 162 Å². The molecule has 4 unspecified atom stereocenters. The monoisotopic (exact) mass is 402 g/mol. The second kappa shape index (κ2) is 9.38. The molecule has 2 aliphatic rings. The number of carboxylic acid groups (broad SMARTS) is 1. The van der Waals surface area contributed by atoms with E-state index in [0.717, 1.165) is 0 Å². The van der Waals surface area contributed by atoms with E-state index in [1.165, 1.54) is 9.80 Å². The molecule has 5 N–H and O–H groups in total. The lowest BCUT2D eigenvalue weighted by molar-refractivity contribution is -0.152. The Balaban J connectivity index is 2.09. The molecular weight excluding hydrogens is 376 g/mol. The van der Waals surface area contributed by atoms with Crippen molar-refractivity contribution in [2.45, 2.75) is 49.9 Å². The van der Waals surface area contributed by atoms with E-state index in [9.17, 15) is 29.4 Å². The number of aliphatic hydroxyl groups excluding tert-OH is 1. The van der Waals surface area contributed by atoms with Gasteiger partial charge in [0.25, 0.3) is 0 Å². The average molecular weight is 402 g/mol. The lowest BCUT2D eigenvalue weighted by atomic mass is 10.1. The second-order valence-electron chi connectivity index (χ2n) is 6.75. The highest BCUT2D eigenvalue weighted by atomic mass is 32.1. The van der Waals surface area contributed by atoms with E-state index in [-0.39, 0.29) is 5.75 Å². The number of nitrogens with one attached hydrogen (secondary N) is 1. The second-order valence-corrected chi connectivity index (χ2v) is 7.12. The Morgan fingerprint density at radius 1 is 1.11 bits per heavy atom. The van der Waals surface area contributed by atoms with E-state index in [2.05, 4.69) is 17.9 Å². The third-order valence-electron chi connectivity index (χ3n) is 4.97. The molecule has 0 aromatic carbocycles. The summed E-state index contributed by atoms with van der Waals surface area (Å²) in [6.07, 6.45) is 1.98. The number of thiol groups is 1. The topological polar surface area (TPSA) is 153 Å². The van der Waals surface area contributed by atoms with Gasteiger partial charge in [-0.1, -0.05) is 0 Å². The number of carbonyl (C=O) groups excluding carboxylic acids is 3. The van der Waals surface area contributed by atoms with Crippen LogP contribution in [0.5, 0.6) is 0 Å². The standard InChI is InChI=1S/C16H26N4O6S/c17-9(8-27)13(22)18-10(7-21)14(23)19-5-1-3-11(19)15(24)20-6-2-4-12(20)16(25)26/h9-12,21,27H,1-8,17H2,(H,18,22)(H,25,26). The van der Waals surface area contributed by atoms with Crippen molar-refractivity contribution in [2.75, 3.05) is 25.4 Å². The summed E-state index contributed by atoms with van der Waals surface area (Å²) in [5, 5.41) is 21.2. The highest BCUT2D eigenvalue weighted by Gasteiger charge is 2.43. The van der Waals surface area contributed by atoms with Crippen LogP contribution >= 0.6 is 12.6 Å². The first-order valence-corrected chi connectivity index (χ1v) is 9.56. The molecule has 2 rings (SSSR count). The average Bonchev–Trinajstić information content (AvgIpc) is 3.33. The van der Waals surface area contributed by atoms with Gasteiger partial charge in [0.15, 0.2) is 0 Å². The molecule has 0 radical (unpaired) electrons. The Morgan fingerprint density at radius 2 is 1.70 bits per heavy atom. The zero-order valence-corrected chi connectivity index (χ0v) is 15.8. The van der Waals surface area contributed by atoms with Crippen LogP contribution in [0.3, 0.4) is 0 Å². The zero-order chi connectivity index (χ0) is 20.1. The van der Waals surface area contributed by atoms with E-state index in [0.29, 0.717) is 38.8 Å². The van der Waals surface area contributed by atoms with Gasteiger partial charge in [0.1, 0.15) is 18.1 Å². The van der Waals surface area contributed by atoms with Crippen molar-refractivity contribution in [1.29, 1.82) is 0 Å². The van der Waals surface area contributed by atoms with E-state index < -0.39 is 54.5 Å². The lowest BCUT2D eigenvalue weighted by Crippen LogP contribution is -2.58. The fourth-order valence-corrected chi connectivity index (χ4v) is 3.68. The molecule has 0 spiro atoms. The molecule has 2 saturated heterocycles. The van der Waals surface area contributed by atoms with Crippen LogP contribution in [0.25, 0.3) is 0 Å². The molecule has 27 heavy (non-hydrogen) atoms. The molecule has 0 saturated carbocycles. The minimum absolute atomic E-state index is 0.0779. The van der Waals surface area contributed by atoms with Crippen LogP contribution in [0, 0.1) is 0 Å². The van der Waals surface area contributed by atoms with Gasteiger partial charge in [-0.25, -0.2) is 4.79 Å². The molecule has 10 nitrogen and oxygen atoms in total. The maximum Gasteiger partial charge on any atom is 0.326 e. The Morgan fingerprint density at radius 3 is 2.26 bits per heavy atom. The van der Waals surface area contributed by atoms with Gasteiger partial charge in [-0.3, -0.25) is 14.4 Å². The number of hydrogen-bond acceptors (Lipinski definition) is 7. The van der Waals surface area contributed by atoms with Crippen molar-refractivity contribution in [3.63, 3.8) is 0 Å². The maximum atomic E-state index is 12.9. The van der Waals surface area contributed by atoms with Crippen LogP contribution in [-0.4, -0.2) is 93.3 Å². The van der Waals surface area contributed by atoms with Gasteiger partial charge in [0.05, 0.1) is 12.6 Å². The first-order chi connectivity index (χ1) is 12.8. The molecule has 3 amide bonds. The number of aliphatic carboxylic acids is 1. The number of rotatable bonds is 7. The summed E-state index contributed by atoms with van der Waals surface area (Å²) in [7, 11) is 0. The van der Waals surface area contributed by atoms with Crippen molar-refractivity contribution in [3.05, 3.63) is 0 Å². The lowest BCUT2D eigenvalue weighted by Gasteiger charge is -2.32. The van der Waals surface area contributed by atoms with Crippen LogP contribution < -0.4 is 11.1 Å². The van der Waals surface area contributed by atoms with Crippen LogP contribution in [0.15, 0.2) is 0 Å². The molecule has 2 heterocycles. The number of nitrogens with two attached hydrogens (primary N) is 1. The molecule has 152 valence electrons. The SMILES string of the molecule is NC(CS)C(=O)NC(CO)C(=O)N1CCCC1C(=O)N1CCCC1C(=O)O. The van der Waals surface area contributed by atoms with Crippen LogP contribution in [0.1, 0.15) is 25.7 Å². The maximum absolute atomic E-state index is 12.9. The summed E-state index contributed by atoms with van der Waals surface area (Å²) in [6.45, 7) is -0.000155. The largest absolute Gasteiger partial charge is 0.480 e. The zero-order valence-electron chi connectivity index (χ0n) is 14.9. The highest BCUT2D eigenvalue weighted by molar-refractivity contribution is 7.80. The predicted octanol–water partition coefficient (Wildman–Crippen LogP) is -2.21. The van der Waals surface area contributed by atoms with Crippen molar-refractivity contribution >= 4 is 36.3 Å². The van der Waals surface area contributed by atoms with Crippen molar-refractivity contribution in [3.8, 4) is 0 Å². The summed E-state index contributed by atoms with van der Waals surface area (Å²) < 4.78 is 0. The van der Waals surface area contributed by atoms with Crippen molar-refractivity contribution in [1.82, 2.24) is 15.1 Å². The third-order valence-corrected chi connectivity index (χ3v) is 5.37. The Hall–Kier alpha value is -1.85. The fourth-order valence-electron chi connectivity index (χ4n) is 3.51. The summed E-state index contributed by atoms with van der Waals surface area (Å²) >= 11 is 3.92. The quantitative estimate of drug-likeness (QED) is 0.303. The van der Waals surface area contributed by atoms with E-state index in [4.69, 9.17) is 5.73 Å². The van der Waals surface area contributed by atoms with E-state index >= 15 is 0 Å². The molecular formula is C16H26N4O6S. The summed E-state index contributed by atoms with van der Waals surface area (Å²) in [5.74, 6) is -2.59. The van der Waals surface area contributed by atoms with Gasteiger partial charge >= 0.3 is 5.97 Å². The van der Waals surface area contributed by atoms with Crippen LogP contribution in [0.2, 0.25) is 0 Å². The Kier molecular flexibility index (Phi) is 7.45. The van der Waals surface area contributed by atoms with Gasteiger partial charge in [-0.2, -0.15) is 12.6 Å². The van der Waals surface area contributed by atoms with Crippen molar-refractivity contribution in [2.24, 2.45) is 5.73 Å². The minimum atomic E-state index is -1.22. The molecule has 4 atom stereocenters. The summed E-state index contributed by atoms with van der Waals surface area (Å²) in [6, 6.07) is -3.81. The molecule has 0 bridgehead atoms. The summed E-state index contributed by atoms with van der Waals surface area (Å²) in [4.78, 5) is 51.5. The normalized spacial score (nSPS) is 24.6. The molecule has 2 aliphatic heterocycles. The number of likely N-dealkylation sites (tertiary alicyclic amines) is 2. The number of carbonyl (C=O) groups is 4. The first kappa shape index (κ1) is 21.5. The van der Waals surface area contributed by atoms with Crippen molar-refractivity contribution < 1.29 is 29.4 Å². The van der Waals surface area contributed by atoms with Crippen LogP contribution in [-0.2, 0) is 19.2 Å². The summed E-state index contributed by atoms with van der Waals surface area (Å²) in [5.41, 5.74) is 5.56. The number of aliphatic hydroxyl groups is 1. The number of carboxylic acids is 1. The molecule has 2 fully saturated rings. The van der Waals surface area contributed by atoms with Crippen LogP contribution in [0.4, 0.5) is 0 Å². The first-order valence-electron chi connectivity index (χ1n) is 8.93. The molecule has 0 aromatic heterocycles. The molecule has 0 aliphatic carbocycles. The van der Waals surface area contributed by atoms with Gasteiger partial charge < -0.3 is 31.1 Å². The highest BCUT2D eigenvalue weighted by Crippen LogP contribution is 2.25. The van der Waals surface area contributed by atoms with Gasteiger partial charge in [0.2, 0.25) is 17.7 Å². The molecule has 0 aromatic rings.